The maximum absolute atomic E-state index is 12.9. The summed E-state index contributed by atoms with van der Waals surface area (Å²) in [7, 11) is -1.40. The first kappa shape index (κ1) is 29.0. The normalized spacial score (nSPS) is 12.2. The summed E-state index contributed by atoms with van der Waals surface area (Å²) in [6.07, 6.45) is 3.09. The monoisotopic (exact) mass is 557 g/mol. The molecule has 1 atom stereocenters. The number of ether oxygens (including phenoxy) is 3. The predicted molar refractivity (Wildman–Crippen MR) is 152 cm³/mol. The lowest BCUT2D eigenvalue weighted by atomic mass is 9.99. The summed E-state index contributed by atoms with van der Waals surface area (Å²) in [4.78, 5) is 17.7. The van der Waals surface area contributed by atoms with Crippen molar-refractivity contribution in [3.63, 3.8) is 0 Å². The Morgan fingerprint density at radius 2 is 1.69 bits per heavy atom. The molecule has 0 saturated carbocycles. The van der Waals surface area contributed by atoms with Crippen LogP contribution in [0, 0.1) is 13.8 Å². The number of aryl methyl sites for hydroxylation is 4. The molecule has 0 aliphatic rings. The van der Waals surface area contributed by atoms with Crippen LogP contribution in [0.1, 0.15) is 28.7 Å². The van der Waals surface area contributed by atoms with Gasteiger partial charge in [0, 0.05) is 23.4 Å². The quantitative estimate of drug-likeness (QED) is 0.116. The van der Waals surface area contributed by atoms with Gasteiger partial charge in [0.1, 0.15) is 17.9 Å². The van der Waals surface area contributed by atoms with E-state index in [2.05, 4.69) is 41.2 Å². The second-order valence-electron chi connectivity index (χ2n) is 9.49. The number of hydrogen-bond acceptors (Lipinski definition) is 7. The molecular weight excluding hydrogens is 523 g/mol. The molecule has 0 fully saturated rings. The summed E-state index contributed by atoms with van der Waals surface area (Å²) in [5, 5.41) is 2.07. The molecule has 2 aromatic heterocycles. The number of benzene rings is 2. The van der Waals surface area contributed by atoms with Crippen molar-refractivity contribution in [3.8, 4) is 5.75 Å². The summed E-state index contributed by atoms with van der Waals surface area (Å²) in [5.41, 5.74) is 9.38. The van der Waals surface area contributed by atoms with Crippen LogP contribution in [0.15, 0.2) is 48.7 Å². The van der Waals surface area contributed by atoms with Crippen molar-refractivity contribution in [2.75, 3.05) is 38.8 Å². The Labute approximate surface area is 228 Å². The fourth-order valence-electron chi connectivity index (χ4n) is 4.31. The lowest BCUT2D eigenvalue weighted by molar-refractivity contribution is 0.00705. The Morgan fingerprint density at radius 1 is 0.923 bits per heavy atom. The van der Waals surface area contributed by atoms with Crippen LogP contribution < -0.4 is 10.5 Å². The summed E-state index contributed by atoms with van der Waals surface area (Å²) in [5.74, 6) is 1.21. The summed E-state index contributed by atoms with van der Waals surface area (Å²) < 4.78 is 42.1. The number of pyridine rings is 2. The van der Waals surface area contributed by atoms with Gasteiger partial charge in [0.25, 0.3) is 5.66 Å². The van der Waals surface area contributed by atoms with E-state index in [9.17, 15) is 8.78 Å². The van der Waals surface area contributed by atoms with Gasteiger partial charge in [-0.2, -0.15) is 8.78 Å². The summed E-state index contributed by atoms with van der Waals surface area (Å²) >= 11 is 0. The van der Waals surface area contributed by atoms with Crippen LogP contribution in [-0.2, 0) is 22.3 Å². The van der Waals surface area contributed by atoms with Crippen LogP contribution >= 0.6 is 8.81 Å². The van der Waals surface area contributed by atoms with E-state index in [0.717, 1.165) is 57.1 Å². The zero-order valence-electron chi connectivity index (χ0n) is 22.2. The van der Waals surface area contributed by atoms with Crippen LogP contribution in [-0.4, -0.2) is 53.6 Å². The summed E-state index contributed by atoms with van der Waals surface area (Å²) in [6, 6.07) is 14.4. The van der Waals surface area contributed by atoms with Gasteiger partial charge in [-0.3, -0.25) is 4.98 Å². The van der Waals surface area contributed by atoms with Gasteiger partial charge in [0.15, 0.2) is 5.82 Å². The molecule has 0 saturated heterocycles. The minimum absolute atomic E-state index is 0.119. The largest absolute Gasteiger partial charge is 0.491 e. The molecule has 2 heterocycles. The highest BCUT2D eigenvalue weighted by Gasteiger charge is 2.27. The van der Waals surface area contributed by atoms with Crippen molar-refractivity contribution < 1.29 is 27.9 Å². The zero-order chi connectivity index (χ0) is 27.8. The van der Waals surface area contributed by atoms with Gasteiger partial charge in [-0.1, -0.05) is 18.2 Å². The fraction of sp³-hybridized carbons (Fsp3) is 0.379. The van der Waals surface area contributed by atoms with Gasteiger partial charge in [0.05, 0.1) is 40.8 Å². The molecule has 0 bridgehead atoms. The first-order chi connectivity index (χ1) is 18.8. The van der Waals surface area contributed by atoms with Crippen molar-refractivity contribution >= 4 is 36.4 Å². The molecule has 4 aromatic rings. The van der Waals surface area contributed by atoms with Crippen LogP contribution in [0.5, 0.6) is 5.75 Å². The number of halogens is 2. The first-order valence-electron chi connectivity index (χ1n) is 12.9. The minimum atomic E-state index is -3.07. The van der Waals surface area contributed by atoms with Crippen LogP contribution in [0.25, 0.3) is 21.8 Å². The van der Waals surface area contributed by atoms with Crippen LogP contribution in [0.2, 0.25) is 0 Å². The van der Waals surface area contributed by atoms with Crippen molar-refractivity contribution in [3.05, 3.63) is 70.9 Å². The molecule has 0 aliphatic carbocycles. The highest BCUT2D eigenvalue weighted by molar-refractivity contribution is 7.32. The lowest BCUT2D eigenvalue weighted by Gasteiger charge is -2.13. The van der Waals surface area contributed by atoms with Gasteiger partial charge >= 0.3 is 0 Å². The topological polar surface area (TPSA) is 99.7 Å². The number of rotatable bonds is 14. The SMILES string of the molecule is Cc1ccc2c(c1)nc(N)c1ncc(CCc3ccc(OCCOCCOCCC(F)(F)PO)cc3C)cc12. The van der Waals surface area contributed by atoms with E-state index in [1.54, 1.807) is 0 Å². The van der Waals surface area contributed by atoms with Gasteiger partial charge in [0.2, 0.25) is 0 Å². The molecular formula is C29H34F2N3O4P. The van der Waals surface area contributed by atoms with Crippen LogP contribution in [0.3, 0.4) is 0 Å². The smallest absolute Gasteiger partial charge is 0.288 e. The van der Waals surface area contributed by atoms with E-state index in [1.807, 2.05) is 31.3 Å². The first-order valence-corrected chi connectivity index (χ1v) is 13.8. The maximum Gasteiger partial charge on any atom is 0.288 e. The third-order valence-corrected chi connectivity index (χ3v) is 7.04. The van der Waals surface area contributed by atoms with E-state index in [0.29, 0.717) is 19.0 Å². The van der Waals surface area contributed by atoms with Gasteiger partial charge < -0.3 is 24.8 Å². The number of nitrogens with zero attached hydrogens (tertiary/aromatic N) is 2. The molecule has 208 valence electrons. The van der Waals surface area contributed by atoms with E-state index in [4.69, 9.17) is 24.8 Å². The second-order valence-corrected chi connectivity index (χ2v) is 10.4. The Morgan fingerprint density at radius 3 is 2.46 bits per heavy atom. The van der Waals surface area contributed by atoms with Crippen molar-refractivity contribution in [1.82, 2.24) is 9.97 Å². The molecule has 0 spiro atoms. The highest BCUT2D eigenvalue weighted by atomic mass is 31.1. The molecule has 3 N–H and O–H groups in total. The third-order valence-electron chi connectivity index (χ3n) is 6.46. The van der Waals surface area contributed by atoms with E-state index < -0.39 is 20.9 Å². The Kier molecular flexibility index (Phi) is 9.97. The number of nitrogen functional groups attached to an aromatic ring is 1. The van der Waals surface area contributed by atoms with Gasteiger partial charge in [-0.05, 0) is 73.2 Å². The van der Waals surface area contributed by atoms with Gasteiger partial charge in [-0.15, -0.1) is 0 Å². The van der Waals surface area contributed by atoms with E-state index in [-0.39, 0.29) is 19.8 Å². The van der Waals surface area contributed by atoms with Gasteiger partial charge in [-0.25, -0.2) is 4.98 Å². The van der Waals surface area contributed by atoms with E-state index in [1.165, 1.54) is 5.56 Å². The number of anilines is 1. The Bertz CT molecular complexity index is 1420. The average molecular weight is 558 g/mol. The zero-order valence-corrected chi connectivity index (χ0v) is 23.2. The molecule has 7 nitrogen and oxygen atoms in total. The predicted octanol–water partition coefficient (Wildman–Crippen LogP) is 5.75. The molecule has 39 heavy (non-hydrogen) atoms. The Balaban J connectivity index is 1.24. The standard InChI is InChI=1S/C29H34F2N3O4P/c1-19-3-8-24-25-17-21(18-33-27(25)28(32)34-26(24)15-19)4-5-22-6-7-23(16-20(22)2)38-14-13-37-12-11-36-10-9-29(30,31)39-35/h3,6-8,15-18,35,39H,4-5,9-14H2,1-2H3,(H2,32,34). The van der Waals surface area contributed by atoms with Crippen molar-refractivity contribution in [2.24, 2.45) is 0 Å². The molecule has 0 radical (unpaired) electrons. The number of aromatic nitrogens is 2. The molecule has 10 heteroatoms. The fourth-order valence-corrected chi connectivity index (χ4v) is 4.53. The number of hydrogen-bond donors (Lipinski definition) is 2. The molecule has 2 aromatic carbocycles. The number of fused-ring (bicyclic) bond motifs is 3. The molecule has 0 aliphatic heterocycles. The van der Waals surface area contributed by atoms with Crippen molar-refractivity contribution in [1.29, 1.82) is 0 Å². The van der Waals surface area contributed by atoms with E-state index >= 15 is 0 Å². The second kappa shape index (κ2) is 13.4. The average Bonchev–Trinajstić information content (AvgIpc) is 2.91. The third kappa shape index (κ3) is 8.02. The molecule has 4 rings (SSSR count). The highest BCUT2D eigenvalue weighted by Crippen LogP contribution is 2.34. The number of alkyl halides is 2. The number of nitrogens with two attached hydrogens (primary N) is 1. The van der Waals surface area contributed by atoms with Crippen molar-refractivity contribution in [2.45, 2.75) is 38.8 Å². The lowest BCUT2D eigenvalue weighted by Crippen LogP contribution is -2.15. The Hall–Kier alpha value is -2.97. The van der Waals surface area contributed by atoms with Crippen LogP contribution in [0.4, 0.5) is 14.6 Å². The molecule has 1 unspecified atom stereocenters. The maximum atomic E-state index is 12.9. The minimum Gasteiger partial charge on any atom is -0.491 e. The summed E-state index contributed by atoms with van der Waals surface area (Å²) in [6.45, 7) is 5.22. The molecule has 0 amide bonds.